The number of hydrogen-bond acceptors (Lipinski definition) is 0. The average Bonchev–Trinajstić information content (AvgIpc) is 2.61. The molecule has 2 aromatic rings. The van der Waals surface area contributed by atoms with E-state index in [9.17, 15) is 0 Å². The number of allylic oxidation sites excluding steroid dienone is 1. The fourth-order valence-electron chi connectivity index (χ4n) is 3.43. The summed E-state index contributed by atoms with van der Waals surface area (Å²) in [6, 6.07) is 14.9. The Kier molecular flexibility index (Phi) is 7.09. The van der Waals surface area contributed by atoms with Crippen LogP contribution in [0.5, 0.6) is 0 Å². The van der Waals surface area contributed by atoms with Gasteiger partial charge in [0.25, 0.3) is 0 Å². The highest BCUT2D eigenvalue weighted by molar-refractivity contribution is 5.88. The molecule has 0 bridgehead atoms. The molecule has 0 spiro atoms. The molecule has 24 heavy (non-hydrogen) atoms. The van der Waals surface area contributed by atoms with Crippen LogP contribution in [-0.2, 0) is 0 Å². The van der Waals surface area contributed by atoms with Crippen LogP contribution < -0.4 is 0 Å². The van der Waals surface area contributed by atoms with E-state index < -0.39 is 0 Å². The Bertz CT molecular complexity index is 719. The second-order valence-corrected chi connectivity index (χ2v) is 6.53. The minimum absolute atomic E-state index is 0.926. The first-order chi connectivity index (χ1) is 11.7. The van der Waals surface area contributed by atoms with Gasteiger partial charge in [0.05, 0.1) is 19.6 Å². The van der Waals surface area contributed by atoms with Gasteiger partial charge in [0.2, 0.25) is 0 Å². The maximum Gasteiger partial charge on any atom is 0.141 e. The molecule has 1 nitrogen and oxygen atoms in total. The molecule has 0 aliphatic heterocycles. The molecule has 0 aliphatic carbocycles. The van der Waals surface area contributed by atoms with Crippen molar-refractivity contribution in [3.63, 3.8) is 0 Å². The van der Waals surface area contributed by atoms with Crippen molar-refractivity contribution in [3.05, 3.63) is 60.2 Å². The van der Waals surface area contributed by atoms with Crippen LogP contribution >= 0.6 is 0 Å². The number of hydrogen-bond donors (Lipinski definition) is 0. The van der Waals surface area contributed by atoms with Gasteiger partial charge in [-0.1, -0.05) is 62.2 Å². The fraction of sp³-hybridized carbons (Fsp3) is 0.391. The van der Waals surface area contributed by atoms with Crippen molar-refractivity contribution in [3.8, 4) is 11.8 Å². The Labute approximate surface area is 147 Å². The highest BCUT2D eigenvalue weighted by Crippen LogP contribution is 2.17. The van der Waals surface area contributed by atoms with Crippen molar-refractivity contribution < 1.29 is 4.48 Å². The third kappa shape index (κ3) is 4.73. The first-order valence-corrected chi connectivity index (χ1v) is 9.17. The van der Waals surface area contributed by atoms with E-state index in [2.05, 4.69) is 87.2 Å². The van der Waals surface area contributed by atoms with Gasteiger partial charge in [0.1, 0.15) is 6.54 Å². The van der Waals surface area contributed by atoms with Gasteiger partial charge in [-0.15, -0.1) is 0 Å². The second kappa shape index (κ2) is 9.30. The van der Waals surface area contributed by atoms with Crippen molar-refractivity contribution in [2.24, 2.45) is 0 Å². The van der Waals surface area contributed by atoms with Crippen molar-refractivity contribution >= 4 is 10.8 Å². The van der Waals surface area contributed by atoms with E-state index in [-0.39, 0.29) is 0 Å². The predicted octanol–water partition coefficient (Wildman–Crippen LogP) is 5.40. The molecular formula is C23H30N+. The lowest BCUT2D eigenvalue weighted by atomic mass is 10.1. The maximum absolute atomic E-state index is 3.50. The van der Waals surface area contributed by atoms with Crippen LogP contribution in [0.15, 0.2) is 54.6 Å². The first kappa shape index (κ1) is 18.3. The molecule has 1 heteroatoms. The van der Waals surface area contributed by atoms with E-state index in [0.29, 0.717) is 0 Å². The van der Waals surface area contributed by atoms with Crippen molar-refractivity contribution in [1.29, 1.82) is 0 Å². The molecule has 0 aliphatic rings. The van der Waals surface area contributed by atoms with E-state index in [4.69, 9.17) is 0 Å². The van der Waals surface area contributed by atoms with Gasteiger partial charge in [-0.3, -0.25) is 0 Å². The summed E-state index contributed by atoms with van der Waals surface area (Å²) in [5, 5.41) is 2.52. The molecule has 0 heterocycles. The molecule has 0 atom stereocenters. The largest absolute Gasteiger partial charge is 0.310 e. The maximum atomic E-state index is 3.50. The molecule has 0 saturated heterocycles. The minimum Gasteiger partial charge on any atom is -0.310 e. The van der Waals surface area contributed by atoms with E-state index in [1.807, 2.05) is 0 Å². The molecule has 2 aromatic carbocycles. The summed E-state index contributed by atoms with van der Waals surface area (Å²) in [5.74, 6) is 6.95. The van der Waals surface area contributed by atoms with Gasteiger partial charge >= 0.3 is 0 Å². The van der Waals surface area contributed by atoms with Gasteiger partial charge in [-0.2, -0.15) is 0 Å². The predicted molar refractivity (Wildman–Crippen MR) is 106 cm³/mol. The van der Waals surface area contributed by atoms with E-state index in [1.54, 1.807) is 0 Å². The van der Waals surface area contributed by atoms with Crippen molar-refractivity contribution in [1.82, 2.24) is 0 Å². The number of benzene rings is 2. The van der Waals surface area contributed by atoms with Crippen LogP contribution in [0.4, 0.5) is 0 Å². The number of nitrogens with zero attached hydrogens (tertiary/aromatic N) is 1. The zero-order valence-corrected chi connectivity index (χ0v) is 15.4. The Hall–Kier alpha value is -2.04. The normalized spacial score (nSPS) is 11.6. The van der Waals surface area contributed by atoms with E-state index >= 15 is 0 Å². The zero-order chi connectivity index (χ0) is 17.3. The third-order valence-corrected chi connectivity index (χ3v) is 4.55. The molecule has 0 unspecified atom stereocenters. The Balaban J connectivity index is 2.26. The highest BCUT2D eigenvalue weighted by Gasteiger charge is 2.22. The fourth-order valence-corrected chi connectivity index (χ4v) is 3.43. The Morgan fingerprint density at radius 3 is 2.38 bits per heavy atom. The molecular weight excluding hydrogens is 290 g/mol. The van der Waals surface area contributed by atoms with E-state index in [1.165, 1.54) is 36.7 Å². The quantitative estimate of drug-likeness (QED) is 0.364. The summed E-state index contributed by atoms with van der Waals surface area (Å²) in [6.07, 6.45) is 6.86. The van der Waals surface area contributed by atoms with Crippen molar-refractivity contribution in [2.75, 3.05) is 26.2 Å². The topological polar surface area (TPSA) is 0 Å². The van der Waals surface area contributed by atoms with Crippen LogP contribution in [0, 0.1) is 11.8 Å². The third-order valence-electron chi connectivity index (χ3n) is 4.55. The van der Waals surface area contributed by atoms with Gasteiger partial charge < -0.3 is 4.48 Å². The first-order valence-electron chi connectivity index (χ1n) is 9.17. The SMILES string of the molecule is C/C=C\C[N+](CC#Cc1cccc2ccccc12)(CCC)CCC. The molecule has 126 valence electrons. The van der Waals surface area contributed by atoms with Crippen molar-refractivity contribution in [2.45, 2.75) is 33.6 Å². The molecule has 0 radical (unpaired) electrons. The van der Waals surface area contributed by atoms with E-state index in [0.717, 1.165) is 23.1 Å². The standard InChI is InChI=1S/C23H30N/c1-4-7-19-24(17-5-2,18-6-3)20-11-15-22-14-10-13-21-12-8-9-16-23(21)22/h4,7-10,12-14,16H,5-6,17-20H2,1-3H3/q+1/b7-4-. The summed E-state index contributed by atoms with van der Waals surface area (Å²) in [5.41, 5.74) is 1.14. The minimum atomic E-state index is 0.926. The monoisotopic (exact) mass is 320 g/mol. The van der Waals surface area contributed by atoms with Gasteiger partial charge in [0, 0.05) is 5.56 Å². The van der Waals surface area contributed by atoms with Crippen LogP contribution in [0.25, 0.3) is 10.8 Å². The zero-order valence-electron chi connectivity index (χ0n) is 15.4. The van der Waals surface area contributed by atoms with Gasteiger partial charge in [-0.25, -0.2) is 0 Å². The highest BCUT2D eigenvalue weighted by atomic mass is 15.3. The lowest BCUT2D eigenvalue weighted by Crippen LogP contribution is -2.49. The number of rotatable bonds is 7. The number of quaternary nitrogens is 1. The van der Waals surface area contributed by atoms with Gasteiger partial charge in [-0.05, 0) is 48.6 Å². The van der Waals surface area contributed by atoms with Crippen LogP contribution in [0.2, 0.25) is 0 Å². The Morgan fingerprint density at radius 1 is 0.958 bits per heavy atom. The van der Waals surface area contributed by atoms with Crippen LogP contribution in [0.3, 0.4) is 0 Å². The van der Waals surface area contributed by atoms with Crippen LogP contribution in [-0.4, -0.2) is 30.7 Å². The summed E-state index contributed by atoms with van der Waals surface area (Å²) >= 11 is 0. The van der Waals surface area contributed by atoms with Gasteiger partial charge in [0.15, 0.2) is 0 Å². The smallest absolute Gasteiger partial charge is 0.141 e. The molecule has 0 N–H and O–H groups in total. The summed E-state index contributed by atoms with van der Waals surface area (Å²) in [7, 11) is 0. The number of fused-ring (bicyclic) bond motifs is 1. The molecule has 0 amide bonds. The molecule has 0 saturated carbocycles. The second-order valence-electron chi connectivity index (χ2n) is 6.53. The summed E-state index contributed by atoms with van der Waals surface area (Å²) < 4.78 is 1.08. The molecule has 2 rings (SSSR count). The lowest BCUT2D eigenvalue weighted by Gasteiger charge is -2.36. The molecule has 0 fully saturated rings. The average molecular weight is 321 g/mol. The summed E-state index contributed by atoms with van der Waals surface area (Å²) in [4.78, 5) is 0. The Morgan fingerprint density at radius 2 is 1.67 bits per heavy atom. The summed E-state index contributed by atoms with van der Waals surface area (Å²) in [6.45, 7) is 11.1. The van der Waals surface area contributed by atoms with Crippen LogP contribution in [0.1, 0.15) is 39.2 Å². The molecule has 0 aromatic heterocycles. The lowest BCUT2D eigenvalue weighted by molar-refractivity contribution is -0.916.